The number of alkyl halides is 3. The molecule has 3 aromatic carbocycles. The molecule has 37 heavy (non-hydrogen) atoms. The molecule has 5 nitrogen and oxygen atoms in total. The topological polar surface area (TPSA) is 58.6 Å². The van der Waals surface area contributed by atoms with Crippen molar-refractivity contribution in [3.8, 4) is 0 Å². The molecular formula is C27H23ClF4N2O3. The Balaban J connectivity index is 1.38. The molecule has 1 aliphatic rings. The minimum atomic E-state index is -4.81. The van der Waals surface area contributed by atoms with Crippen molar-refractivity contribution in [2.75, 3.05) is 18.5 Å². The molecule has 0 saturated heterocycles. The number of benzene rings is 3. The fourth-order valence-corrected chi connectivity index (χ4v) is 4.39. The molecule has 0 aliphatic carbocycles. The Labute approximate surface area is 216 Å². The van der Waals surface area contributed by atoms with Crippen molar-refractivity contribution in [1.29, 1.82) is 0 Å². The number of halogens is 5. The monoisotopic (exact) mass is 534 g/mol. The summed E-state index contributed by atoms with van der Waals surface area (Å²) >= 11 is 6.33. The lowest BCUT2D eigenvalue weighted by Crippen LogP contribution is -2.38. The van der Waals surface area contributed by atoms with Crippen LogP contribution in [0.3, 0.4) is 0 Å². The second-order valence-electron chi connectivity index (χ2n) is 8.64. The molecule has 1 aliphatic heterocycles. The van der Waals surface area contributed by atoms with E-state index in [9.17, 15) is 27.2 Å². The summed E-state index contributed by atoms with van der Waals surface area (Å²) in [7, 11) is 0. The highest BCUT2D eigenvalue weighted by atomic mass is 35.5. The van der Waals surface area contributed by atoms with Crippen LogP contribution in [0.25, 0.3) is 0 Å². The minimum Gasteiger partial charge on any atom is -0.367 e. The Kier molecular flexibility index (Phi) is 8.14. The first-order valence-electron chi connectivity index (χ1n) is 11.5. The lowest BCUT2D eigenvalue weighted by Gasteiger charge is -2.30. The van der Waals surface area contributed by atoms with Gasteiger partial charge >= 0.3 is 6.18 Å². The number of hydrogen-bond acceptors (Lipinski definition) is 3. The van der Waals surface area contributed by atoms with Crippen LogP contribution in [-0.4, -0.2) is 29.9 Å². The van der Waals surface area contributed by atoms with Gasteiger partial charge in [-0.1, -0.05) is 54.1 Å². The van der Waals surface area contributed by atoms with E-state index in [-0.39, 0.29) is 29.5 Å². The van der Waals surface area contributed by atoms with Crippen molar-refractivity contribution in [3.63, 3.8) is 0 Å². The minimum absolute atomic E-state index is 0.0644. The molecule has 1 heterocycles. The van der Waals surface area contributed by atoms with Crippen LogP contribution in [0.1, 0.15) is 27.8 Å². The van der Waals surface area contributed by atoms with Gasteiger partial charge in [-0.3, -0.25) is 9.59 Å². The molecule has 3 aromatic rings. The highest BCUT2D eigenvalue weighted by molar-refractivity contribution is 6.34. The lowest BCUT2D eigenvalue weighted by molar-refractivity contribution is -0.140. The zero-order chi connectivity index (χ0) is 26.6. The SMILES string of the molecule is O=C(Cc1ccc(C(F)(F)F)c(F)c1)Nc1c(Cl)ccc2c1CCN(C(=O)COCc1ccccc1)C2. The second kappa shape index (κ2) is 11.3. The van der Waals surface area contributed by atoms with Crippen LogP contribution in [0.15, 0.2) is 60.7 Å². The van der Waals surface area contributed by atoms with Gasteiger partial charge in [0.15, 0.2) is 0 Å². The third-order valence-corrected chi connectivity index (χ3v) is 6.32. The average Bonchev–Trinajstić information content (AvgIpc) is 2.85. The molecule has 0 spiro atoms. The van der Waals surface area contributed by atoms with Gasteiger partial charge in [-0.05, 0) is 46.9 Å². The highest BCUT2D eigenvalue weighted by Crippen LogP contribution is 2.34. The van der Waals surface area contributed by atoms with Crippen molar-refractivity contribution >= 4 is 29.1 Å². The van der Waals surface area contributed by atoms with Crippen LogP contribution in [0.2, 0.25) is 5.02 Å². The Morgan fingerprint density at radius 3 is 2.49 bits per heavy atom. The van der Waals surface area contributed by atoms with Gasteiger partial charge in [0.05, 0.1) is 29.3 Å². The molecule has 0 fully saturated rings. The first-order valence-corrected chi connectivity index (χ1v) is 11.8. The van der Waals surface area contributed by atoms with E-state index < -0.39 is 23.5 Å². The number of fused-ring (bicyclic) bond motifs is 1. The van der Waals surface area contributed by atoms with Crippen molar-refractivity contribution in [2.45, 2.75) is 32.2 Å². The molecule has 1 N–H and O–H groups in total. The van der Waals surface area contributed by atoms with E-state index >= 15 is 0 Å². The summed E-state index contributed by atoms with van der Waals surface area (Å²) in [6, 6.07) is 15.3. The van der Waals surface area contributed by atoms with E-state index in [4.69, 9.17) is 16.3 Å². The van der Waals surface area contributed by atoms with Crippen molar-refractivity contribution in [3.05, 3.63) is 99.3 Å². The third kappa shape index (κ3) is 6.67. The number of carbonyl (C=O) groups is 2. The van der Waals surface area contributed by atoms with Crippen LogP contribution in [-0.2, 0) is 46.5 Å². The second-order valence-corrected chi connectivity index (χ2v) is 9.05. The summed E-state index contributed by atoms with van der Waals surface area (Å²) in [6.45, 7) is 0.970. The van der Waals surface area contributed by atoms with Crippen LogP contribution in [0, 0.1) is 5.82 Å². The molecule has 0 bridgehead atoms. The summed E-state index contributed by atoms with van der Waals surface area (Å²) in [5, 5.41) is 2.99. The fourth-order valence-electron chi connectivity index (χ4n) is 4.16. The van der Waals surface area contributed by atoms with Gasteiger partial charge in [0, 0.05) is 13.1 Å². The van der Waals surface area contributed by atoms with E-state index in [1.54, 1.807) is 17.0 Å². The van der Waals surface area contributed by atoms with Crippen molar-refractivity contribution in [1.82, 2.24) is 4.90 Å². The summed E-state index contributed by atoms with van der Waals surface area (Å²) in [5.41, 5.74) is 1.63. The normalized spacial score (nSPS) is 13.3. The molecular weight excluding hydrogens is 512 g/mol. The van der Waals surface area contributed by atoms with Gasteiger partial charge in [0.2, 0.25) is 11.8 Å². The van der Waals surface area contributed by atoms with E-state index in [2.05, 4.69) is 5.32 Å². The predicted molar refractivity (Wildman–Crippen MR) is 130 cm³/mol. The van der Waals surface area contributed by atoms with Gasteiger partial charge in [-0.25, -0.2) is 4.39 Å². The fraction of sp³-hybridized carbons (Fsp3) is 0.259. The van der Waals surface area contributed by atoms with Gasteiger partial charge < -0.3 is 15.0 Å². The molecule has 0 aromatic heterocycles. The van der Waals surface area contributed by atoms with Crippen LogP contribution in [0.5, 0.6) is 0 Å². The van der Waals surface area contributed by atoms with Crippen molar-refractivity contribution < 1.29 is 31.9 Å². The Morgan fingerprint density at radius 1 is 1.03 bits per heavy atom. The predicted octanol–water partition coefficient (Wildman–Crippen LogP) is 5.78. The standard InChI is InChI=1S/C27H23ClF4N2O3/c28-22-9-7-19-14-34(25(36)16-37-15-17-4-2-1-3-5-17)11-10-20(19)26(22)33-24(35)13-18-6-8-21(23(29)12-18)27(30,31)32/h1-9,12H,10-11,13-16H2,(H,33,35). The van der Waals surface area contributed by atoms with E-state index in [1.807, 2.05) is 30.3 Å². The summed E-state index contributed by atoms with van der Waals surface area (Å²) < 4.78 is 57.8. The molecule has 0 unspecified atom stereocenters. The summed E-state index contributed by atoms with van der Waals surface area (Å²) in [4.78, 5) is 26.9. The number of anilines is 1. The average molecular weight is 535 g/mol. The molecule has 10 heteroatoms. The highest BCUT2D eigenvalue weighted by Gasteiger charge is 2.34. The summed E-state index contributed by atoms with van der Waals surface area (Å²) in [6.07, 6.45) is -4.71. The molecule has 4 rings (SSSR count). The van der Waals surface area contributed by atoms with E-state index in [0.717, 1.165) is 22.8 Å². The van der Waals surface area contributed by atoms with Gasteiger partial charge in [-0.2, -0.15) is 13.2 Å². The number of carbonyl (C=O) groups excluding carboxylic acids is 2. The Hall–Kier alpha value is -3.43. The maximum atomic E-state index is 13.9. The van der Waals surface area contributed by atoms with Crippen LogP contribution >= 0.6 is 11.6 Å². The lowest BCUT2D eigenvalue weighted by atomic mass is 9.97. The molecule has 0 atom stereocenters. The maximum Gasteiger partial charge on any atom is 0.419 e. The van der Waals surface area contributed by atoms with Gasteiger partial charge in [0.1, 0.15) is 12.4 Å². The Bertz CT molecular complexity index is 1300. The first-order chi connectivity index (χ1) is 17.6. The van der Waals surface area contributed by atoms with Crippen molar-refractivity contribution in [2.24, 2.45) is 0 Å². The number of nitrogens with one attached hydrogen (secondary N) is 1. The number of amides is 2. The molecule has 0 saturated carbocycles. The third-order valence-electron chi connectivity index (χ3n) is 6.01. The molecule has 194 valence electrons. The quantitative estimate of drug-likeness (QED) is 0.391. The maximum absolute atomic E-state index is 13.9. The first kappa shape index (κ1) is 26.6. The zero-order valence-electron chi connectivity index (χ0n) is 19.6. The van der Waals surface area contributed by atoms with Gasteiger partial charge in [-0.15, -0.1) is 0 Å². The summed E-state index contributed by atoms with van der Waals surface area (Å²) in [5.74, 6) is -2.15. The van der Waals surface area contributed by atoms with Crippen LogP contribution < -0.4 is 5.32 Å². The van der Waals surface area contributed by atoms with E-state index in [0.29, 0.717) is 43.9 Å². The Morgan fingerprint density at radius 2 is 1.78 bits per heavy atom. The van der Waals surface area contributed by atoms with Gasteiger partial charge in [0.25, 0.3) is 0 Å². The van der Waals surface area contributed by atoms with E-state index in [1.165, 1.54) is 0 Å². The molecule has 0 radical (unpaired) electrons. The number of hydrogen-bond donors (Lipinski definition) is 1. The zero-order valence-corrected chi connectivity index (χ0v) is 20.3. The largest absolute Gasteiger partial charge is 0.419 e. The number of nitrogens with zero attached hydrogens (tertiary/aromatic N) is 1. The number of ether oxygens (including phenoxy) is 1. The smallest absolute Gasteiger partial charge is 0.367 e. The number of rotatable bonds is 7. The molecule has 2 amide bonds. The van der Waals surface area contributed by atoms with Crippen LogP contribution in [0.4, 0.5) is 23.2 Å².